The number of halogens is 2. The first-order valence-electron chi connectivity index (χ1n) is 8.30. The zero-order valence-electron chi connectivity index (χ0n) is 14.4. The molecular weight excluding hydrogens is 391 g/mol. The van der Waals surface area contributed by atoms with E-state index >= 15 is 0 Å². The predicted octanol–water partition coefficient (Wildman–Crippen LogP) is 3.45. The van der Waals surface area contributed by atoms with Crippen LogP contribution in [-0.2, 0) is 26.7 Å². The van der Waals surface area contributed by atoms with Crippen molar-refractivity contribution in [2.24, 2.45) is 0 Å². The van der Waals surface area contributed by atoms with Crippen molar-refractivity contribution in [2.45, 2.75) is 36.5 Å². The minimum atomic E-state index is -4.42. The van der Waals surface area contributed by atoms with Gasteiger partial charge in [0.1, 0.15) is 22.3 Å². The summed E-state index contributed by atoms with van der Waals surface area (Å²) in [5.74, 6) is -1.67. The van der Waals surface area contributed by atoms with Crippen LogP contribution in [-0.4, -0.2) is 14.3 Å². The number of rotatable bonds is 4. The Hall–Kier alpha value is -2.43. The molecule has 0 aliphatic heterocycles. The number of nitrogens with zero attached hydrogens (tertiary/aromatic N) is 1. The summed E-state index contributed by atoms with van der Waals surface area (Å²) in [6.45, 7) is 1.80. The first-order chi connectivity index (χ1) is 12.8. The van der Waals surface area contributed by atoms with E-state index in [0.717, 1.165) is 17.7 Å². The molecule has 1 aliphatic carbocycles. The van der Waals surface area contributed by atoms with Gasteiger partial charge in [-0.1, -0.05) is 36.7 Å². The molecule has 0 spiro atoms. The molecule has 0 bridgehead atoms. The second-order valence-corrected chi connectivity index (χ2v) is 8.42. The van der Waals surface area contributed by atoms with Crippen LogP contribution in [0, 0.1) is 17.1 Å². The van der Waals surface area contributed by atoms with Gasteiger partial charge in [0.05, 0.1) is 5.41 Å². The van der Waals surface area contributed by atoms with Crippen molar-refractivity contribution in [3.8, 4) is 6.07 Å². The number of carbonyl (C=O) groups is 1. The fourth-order valence-corrected chi connectivity index (χ4v) is 5.10. The van der Waals surface area contributed by atoms with Crippen molar-refractivity contribution in [1.82, 2.24) is 4.72 Å². The standard InChI is InChI=1S/C19H16ClFN2O3S/c1-2-19(10-9-12-14(19)5-3-6-15(12)20)18(24)23-27(25,26)17-8-4-7-16(21)13(17)11-22/h3-8H,2,9-10H2,1H3,(H,23,24). The molecule has 1 unspecified atom stereocenters. The molecule has 0 radical (unpaired) electrons. The van der Waals surface area contributed by atoms with E-state index in [-0.39, 0.29) is 0 Å². The van der Waals surface area contributed by atoms with Crippen LogP contribution in [0.3, 0.4) is 0 Å². The van der Waals surface area contributed by atoms with E-state index in [0.29, 0.717) is 29.8 Å². The minimum Gasteiger partial charge on any atom is -0.273 e. The van der Waals surface area contributed by atoms with Gasteiger partial charge in [0.2, 0.25) is 5.91 Å². The monoisotopic (exact) mass is 406 g/mol. The lowest BCUT2D eigenvalue weighted by Gasteiger charge is -2.27. The maximum absolute atomic E-state index is 13.8. The number of hydrogen-bond acceptors (Lipinski definition) is 4. The summed E-state index contributed by atoms with van der Waals surface area (Å²) in [7, 11) is -4.42. The predicted molar refractivity (Wildman–Crippen MR) is 98.2 cm³/mol. The maximum atomic E-state index is 13.8. The van der Waals surface area contributed by atoms with E-state index in [2.05, 4.69) is 0 Å². The molecule has 0 heterocycles. The second-order valence-electron chi connectivity index (χ2n) is 6.36. The smallest absolute Gasteiger partial charge is 0.265 e. The average Bonchev–Trinajstić information content (AvgIpc) is 3.02. The van der Waals surface area contributed by atoms with Crippen LogP contribution in [0.1, 0.15) is 36.5 Å². The summed E-state index contributed by atoms with van der Waals surface area (Å²) in [5, 5.41) is 9.62. The molecular formula is C19H16ClFN2O3S. The summed E-state index contributed by atoms with van der Waals surface area (Å²) in [6.07, 6.45) is 1.34. The number of carbonyl (C=O) groups excluding carboxylic acids is 1. The number of benzene rings is 2. The molecule has 0 aromatic heterocycles. The van der Waals surface area contributed by atoms with Crippen molar-refractivity contribution in [1.29, 1.82) is 5.26 Å². The van der Waals surface area contributed by atoms with Gasteiger partial charge in [0, 0.05) is 5.02 Å². The van der Waals surface area contributed by atoms with E-state index in [4.69, 9.17) is 16.9 Å². The fraction of sp³-hybridized carbons (Fsp3) is 0.263. The highest BCUT2D eigenvalue weighted by atomic mass is 35.5. The fourth-order valence-electron chi connectivity index (χ4n) is 3.61. The zero-order valence-corrected chi connectivity index (χ0v) is 16.0. The molecule has 8 heteroatoms. The van der Waals surface area contributed by atoms with Crippen LogP contribution in [0.15, 0.2) is 41.3 Å². The van der Waals surface area contributed by atoms with Gasteiger partial charge < -0.3 is 0 Å². The highest BCUT2D eigenvalue weighted by molar-refractivity contribution is 7.90. The van der Waals surface area contributed by atoms with Gasteiger partial charge in [-0.2, -0.15) is 5.26 Å². The third kappa shape index (κ3) is 3.09. The van der Waals surface area contributed by atoms with E-state index in [1.807, 2.05) is 4.72 Å². The van der Waals surface area contributed by atoms with Crippen molar-refractivity contribution < 1.29 is 17.6 Å². The Morgan fingerprint density at radius 3 is 2.70 bits per heavy atom. The molecule has 1 amide bonds. The molecule has 3 rings (SSSR count). The quantitative estimate of drug-likeness (QED) is 0.842. The van der Waals surface area contributed by atoms with Crippen LogP contribution in [0.25, 0.3) is 0 Å². The first kappa shape index (κ1) is 19.3. The molecule has 0 saturated carbocycles. The Balaban J connectivity index is 2.02. The van der Waals surface area contributed by atoms with Crippen LogP contribution in [0.5, 0.6) is 0 Å². The molecule has 1 aliphatic rings. The SMILES string of the molecule is CCC1(C(=O)NS(=O)(=O)c2cccc(F)c2C#N)CCc2c(Cl)cccc21. The van der Waals surface area contributed by atoms with E-state index < -0.39 is 37.6 Å². The molecule has 1 atom stereocenters. The number of fused-ring (bicyclic) bond motifs is 1. The highest BCUT2D eigenvalue weighted by Gasteiger charge is 2.46. The van der Waals surface area contributed by atoms with E-state index in [1.165, 1.54) is 12.1 Å². The molecule has 0 fully saturated rings. The van der Waals surface area contributed by atoms with Gasteiger partial charge in [0.15, 0.2) is 0 Å². The average molecular weight is 407 g/mol. The van der Waals surface area contributed by atoms with Gasteiger partial charge in [-0.05, 0) is 48.6 Å². The van der Waals surface area contributed by atoms with Crippen molar-refractivity contribution in [2.75, 3.05) is 0 Å². The van der Waals surface area contributed by atoms with Crippen molar-refractivity contribution in [3.05, 3.63) is 63.9 Å². The lowest BCUT2D eigenvalue weighted by molar-refractivity contribution is -0.125. The molecule has 2 aromatic rings. The van der Waals surface area contributed by atoms with Crippen LogP contribution in [0.4, 0.5) is 4.39 Å². The summed E-state index contributed by atoms with van der Waals surface area (Å²) in [5.41, 5.74) is -0.145. The lowest BCUT2D eigenvalue weighted by atomic mass is 9.79. The van der Waals surface area contributed by atoms with Crippen molar-refractivity contribution >= 4 is 27.5 Å². The Kier molecular flexibility index (Phi) is 4.98. The summed E-state index contributed by atoms with van der Waals surface area (Å²) in [6, 6.07) is 10.0. The molecule has 1 N–H and O–H groups in total. The molecule has 5 nitrogen and oxygen atoms in total. The van der Waals surface area contributed by atoms with Gasteiger partial charge in [0.25, 0.3) is 10.0 Å². The number of hydrogen-bond donors (Lipinski definition) is 1. The number of nitrogens with one attached hydrogen (secondary N) is 1. The Labute approximate surface area is 161 Å². The van der Waals surface area contributed by atoms with Crippen LogP contribution < -0.4 is 4.72 Å². The number of amides is 1. The summed E-state index contributed by atoms with van der Waals surface area (Å²) >= 11 is 6.22. The molecule has 140 valence electrons. The minimum absolute atomic E-state index is 0.371. The summed E-state index contributed by atoms with van der Waals surface area (Å²) < 4.78 is 41.2. The Morgan fingerprint density at radius 1 is 1.33 bits per heavy atom. The summed E-state index contributed by atoms with van der Waals surface area (Å²) in [4.78, 5) is 12.5. The van der Waals surface area contributed by atoms with Gasteiger partial charge in [-0.15, -0.1) is 0 Å². The highest BCUT2D eigenvalue weighted by Crippen LogP contribution is 2.44. The van der Waals surface area contributed by atoms with E-state index in [1.54, 1.807) is 25.1 Å². The Morgan fingerprint density at radius 2 is 2.04 bits per heavy atom. The third-order valence-electron chi connectivity index (χ3n) is 5.08. The molecule has 0 saturated heterocycles. The second kappa shape index (κ2) is 6.95. The Bertz CT molecular complexity index is 1080. The largest absolute Gasteiger partial charge is 0.273 e. The molecule has 2 aromatic carbocycles. The van der Waals surface area contributed by atoms with Gasteiger partial charge >= 0.3 is 0 Å². The number of nitriles is 1. The number of sulfonamides is 1. The van der Waals surface area contributed by atoms with Gasteiger partial charge in [-0.3, -0.25) is 4.79 Å². The topological polar surface area (TPSA) is 87.0 Å². The molecule has 27 heavy (non-hydrogen) atoms. The van der Waals surface area contributed by atoms with Gasteiger partial charge in [-0.25, -0.2) is 17.5 Å². The normalized spacial score (nSPS) is 18.6. The first-order valence-corrected chi connectivity index (χ1v) is 10.2. The van der Waals surface area contributed by atoms with Crippen LogP contribution >= 0.6 is 11.6 Å². The third-order valence-corrected chi connectivity index (χ3v) is 6.81. The van der Waals surface area contributed by atoms with E-state index in [9.17, 15) is 17.6 Å². The van der Waals surface area contributed by atoms with Crippen LogP contribution in [0.2, 0.25) is 5.02 Å². The van der Waals surface area contributed by atoms with Crippen molar-refractivity contribution in [3.63, 3.8) is 0 Å². The zero-order chi connectivity index (χ0) is 19.8. The lowest BCUT2D eigenvalue weighted by Crippen LogP contribution is -2.45. The maximum Gasteiger partial charge on any atom is 0.265 e.